The lowest BCUT2D eigenvalue weighted by atomic mass is 9.87. The molecular formula is C27H35NO5. The zero-order valence-electron chi connectivity index (χ0n) is 20.2. The maximum Gasteiger partial charge on any atom is 0.235 e. The van der Waals surface area contributed by atoms with Gasteiger partial charge in [-0.05, 0) is 49.1 Å². The first-order chi connectivity index (χ1) is 16.0. The summed E-state index contributed by atoms with van der Waals surface area (Å²) in [6.45, 7) is 4.27. The standard InChI is InChI=1S/C27H35NO5/c1-5-7-9-11-18-15-19(31-3)13-14-23(18)33-24-17-20(32-4)16-22-25(24)28-27(30)21(26(22)29)12-10-8-6-2/h13-17,21H,5-12H2,1-4H3,(H,28,30). The number of fused-ring (bicyclic) bond motifs is 1. The molecule has 1 aliphatic rings. The molecule has 0 spiro atoms. The second-order valence-corrected chi connectivity index (χ2v) is 8.48. The molecule has 1 amide bonds. The highest BCUT2D eigenvalue weighted by molar-refractivity contribution is 6.21. The molecule has 1 N–H and O–H groups in total. The fourth-order valence-electron chi connectivity index (χ4n) is 4.15. The predicted octanol–water partition coefficient (Wildman–Crippen LogP) is 6.56. The number of ether oxygens (including phenoxy) is 3. The molecule has 6 heteroatoms. The first-order valence-corrected chi connectivity index (χ1v) is 11.9. The first kappa shape index (κ1) is 24.6. The number of unbranched alkanes of at least 4 members (excludes halogenated alkanes) is 4. The van der Waals surface area contributed by atoms with E-state index in [2.05, 4.69) is 19.2 Å². The van der Waals surface area contributed by atoms with E-state index in [1.807, 2.05) is 18.2 Å². The van der Waals surface area contributed by atoms with E-state index in [4.69, 9.17) is 14.2 Å². The van der Waals surface area contributed by atoms with Gasteiger partial charge in [0.2, 0.25) is 5.91 Å². The van der Waals surface area contributed by atoms with Gasteiger partial charge < -0.3 is 19.5 Å². The Kier molecular flexibility index (Phi) is 8.75. The van der Waals surface area contributed by atoms with Crippen LogP contribution in [0.3, 0.4) is 0 Å². The van der Waals surface area contributed by atoms with E-state index < -0.39 is 5.92 Å². The molecule has 0 bridgehead atoms. The van der Waals surface area contributed by atoms with Gasteiger partial charge in [-0.25, -0.2) is 0 Å². The Balaban J connectivity index is 1.96. The SMILES string of the molecule is CCCCCc1cc(OC)ccc1Oc1cc(OC)cc2c1NC(=O)C(CCCCC)C2=O. The summed E-state index contributed by atoms with van der Waals surface area (Å²) in [5, 5.41) is 2.94. The van der Waals surface area contributed by atoms with Gasteiger partial charge in [0.15, 0.2) is 11.5 Å². The Morgan fingerprint density at radius 3 is 2.27 bits per heavy atom. The lowest BCUT2D eigenvalue weighted by Gasteiger charge is -2.26. The van der Waals surface area contributed by atoms with Crippen LogP contribution in [-0.2, 0) is 11.2 Å². The molecule has 178 valence electrons. The minimum absolute atomic E-state index is 0.175. The molecule has 6 nitrogen and oxygen atoms in total. The summed E-state index contributed by atoms with van der Waals surface area (Å²) in [6, 6.07) is 9.09. The quantitative estimate of drug-likeness (QED) is 0.291. The molecule has 2 aromatic rings. The highest BCUT2D eigenvalue weighted by Gasteiger charge is 2.36. The molecular weight excluding hydrogens is 418 g/mol. The largest absolute Gasteiger partial charge is 0.497 e. The lowest BCUT2D eigenvalue weighted by molar-refractivity contribution is -0.119. The number of ketones is 1. The molecule has 0 radical (unpaired) electrons. The summed E-state index contributed by atoms with van der Waals surface area (Å²) in [5.41, 5.74) is 1.87. The number of Topliss-reactive ketones (excluding diaryl/α,β-unsaturated/α-hetero) is 1. The monoisotopic (exact) mass is 453 g/mol. The average Bonchev–Trinajstić information content (AvgIpc) is 2.82. The summed E-state index contributed by atoms with van der Waals surface area (Å²) < 4.78 is 17.2. The minimum atomic E-state index is -0.672. The fraction of sp³-hybridized carbons (Fsp3) is 0.481. The van der Waals surface area contributed by atoms with Crippen molar-refractivity contribution in [1.29, 1.82) is 0 Å². The van der Waals surface area contributed by atoms with Gasteiger partial charge in [0.1, 0.15) is 23.2 Å². The van der Waals surface area contributed by atoms with Gasteiger partial charge in [-0.15, -0.1) is 0 Å². The van der Waals surface area contributed by atoms with Crippen molar-refractivity contribution in [2.75, 3.05) is 19.5 Å². The Hall–Kier alpha value is -3.02. The van der Waals surface area contributed by atoms with Crippen molar-refractivity contribution in [3.05, 3.63) is 41.5 Å². The van der Waals surface area contributed by atoms with Crippen LogP contribution in [0.1, 0.15) is 74.7 Å². The third-order valence-electron chi connectivity index (χ3n) is 6.09. The van der Waals surface area contributed by atoms with Gasteiger partial charge in [-0.3, -0.25) is 9.59 Å². The van der Waals surface area contributed by atoms with Crippen LogP contribution in [-0.4, -0.2) is 25.9 Å². The van der Waals surface area contributed by atoms with Crippen LogP contribution in [0.2, 0.25) is 0 Å². The van der Waals surface area contributed by atoms with E-state index in [1.54, 1.807) is 26.4 Å². The summed E-state index contributed by atoms with van der Waals surface area (Å²) in [5.74, 6) is 1.24. The third-order valence-corrected chi connectivity index (χ3v) is 6.09. The predicted molar refractivity (Wildman–Crippen MR) is 130 cm³/mol. The van der Waals surface area contributed by atoms with Crippen molar-refractivity contribution in [1.82, 2.24) is 0 Å². The van der Waals surface area contributed by atoms with Crippen molar-refractivity contribution in [3.63, 3.8) is 0 Å². The molecule has 0 saturated heterocycles. The highest BCUT2D eigenvalue weighted by atomic mass is 16.5. The van der Waals surface area contributed by atoms with Crippen LogP contribution >= 0.6 is 0 Å². The summed E-state index contributed by atoms with van der Waals surface area (Å²) in [6.07, 6.45) is 7.54. The van der Waals surface area contributed by atoms with Gasteiger partial charge >= 0.3 is 0 Å². The Morgan fingerprint density at radius 1 is 0.848 bits per heavy atom. The first-order valence-electron chi connectivity index (χ1n) is 11.9. The summed E-state index contributed by atoms with van der Waals surface area (Å²) in [4.78, 5) is 26.0. The molecule has 0 saturated carbocycles. The van der Waals surface area contributed by atoms with Gasteiger partial charge in [-0.2, -0.15) is 0 Å². The second-order valence-electron chi connectivity index (χ2n) is 8.48. The van der Waals surface area contributed by atoms with Gasteiger partial charge in [0, 0.05) is 11.6 Å². The molecule has 1 atom stereocenters. The van der Waals surface area contributed by atoms with Gasteiger partial charge in [-0.1, -0.05) is 46.0 Å². The van der Waals surface area contributed by atoms with Gasteiger partial charge in [0.05, 0.1) is 19.9 Å². The smallest absolute Gasteiger partial charge is 0.235 e. The number of hydrogen-bond acceptors (Lipinski definition) is 5. The Morgan fingerprint density at radius 2 is 1.58 bits per heavy atom. The third kappa shape index (κ3) is 5.86. The second kappa shape index (κ2) is 11.7. The van der Waals surface area contributed by atoms with E-state index in [0.717, 1.165) is 56.3 Å². The van der Waals surface area contributed by atoms with Crippen molar-refractivity contribution in [2.24, 2.45) is 5.92 Å². The van der Waals surface area contributed by atoms with Crippen molar-refractivity contribution < 1.29 is 23.8 Å². The number of benzene rings is 2. The zero-order chi connectivity index (χ0) is 23.8. The fourth-order valence-corrected chi connectivity index (χ4v) is 4.15. The van der Waals surface area contributed by atoms with Crippen molar-refractivity contribution in [3.8, 4) is 23.0 Å². The van der Waals surface area contributed by atoms with E-state index in [1.165, 1.54) is 0 Å². The number of methoxy groups -OCH3 is 2. The highest BCUT2D eigenvalue weighted by Crippen LogP contribution is 2.42. The van der Waals surface area contributed by atoms with Crippen molar-refractivity contribution in [2.45, 2.75) is 65.2 Å². The van der Waals surface area contributed by atoms with Crippen LogP contribution < -0.4 is 19.5 Å². The number of nitrogens with one attached hydrogen (secondary N) is 1. The molecule has 33 heavy (non-hydrogen) atoms. The summed E-state index contributed by atoms with van der Waals surface area (Å²) in [7, 11) is 3.20. The lowest BCUT2D eigenvalue weighted by Crippen LogP contribution is -2.35. The number of hydrogen-bond donors (Lipinski definition) is 1. The Bertz CT molecular complexity index is 985. The van der Waals surface area contributed by atoms with Crippen LogP contribution in [0, 0.1) is 5.92 Å². The molecule has 0 fully saturated rings. The topological polar surface area (TPSA) is 73.9 Å². The molecule has 2 aromatic carbocycles. The maximum atomic E-state index is 13.2. The van der Waals surface area contributed by atoms with E-state index in [9.17, 15) is 9.59 Å². The number of carbonyl (C=O) groups is 2. The summed E-state index contributed by atoms with van der Waals surface area (Å²) >= 11 is 0. The molecule has 1 unspecified atom stereocenters. The van der Waals surface area contributed by atoms with Crippen LogP contribution in [0.25, 0.3) is 0 Å². The molecule has 1 aliphatic heterocycles. The molecule has 0 aromatic heterocycles. The minimum Gasteiger partial charge on any atom is -0.497 e. The number of rotatable bonds is 12. The van der Waals surface area contributed by atoms with E-state index in [-0.39, 0.29) is 11.7 Å². The van der Waals surface area contributed by atoms with Crippen molar-refractivity contribution >= 4 is 17.4 Å². The van der Waals surface area contributed by atoms with Gasteiger partial charge in [0.25, 0.3) is 0 Å². The maximum absolute atomic E-state index is 13.2. The number of carbonyl (C=O) groups excluding carboxylic acids is 2. The van der Waals surface area contributed by atoms with Crippen LogP contribution in [0.5, 0.6) is 23.0 Å². The van der Waals surface area contributed by atoms with Crippen LogP contribution in [0.4, 0.5) is 5.69 Å². The average molecular weight is 454 g/mol. The van der Waals surface area contributed by atoms with E-state index >= 15 is 0 Å². The van der Waals surface area contributed by atoms with E-state index in [0.29, 0.717) is 34.9 Å². The van der Waals surface area contributed by atoms with Crippen LogP contribution in [0.15, 0.2) is 30.3 Å². The number of amides is 1. The Labute approximate surface area is 196 Å². The normalized spacial score (nSPS) is 15.1. The molecule has 1 heterocycles. The number of anilines is 1. The molecule has 3 rings (SSSR count). The zero-order valence-corrected chi connectivity index (χ0v) is 20.2. The molecule has 0 aliphatic carbocycles. The number of aryl methyl sites for hydroxylation is 1.